The van der Waals surface area contributed by atoms with Crippen LogP contribution in [0.15, 0.2) is 46.9 Å². The fourth-order valence-electron chi connectivity index (χ4n) is 3.59. The summed E-state index contributed by atoms with van der Waals surface area (Å²) >= 11 is 4.86. The number of halogens is 1. The molecule has 1 heterocycles. The number of likely N-dealkylation sites (tertiary alicyclic amines) is 1. The van der Waals surface area contributed by atoms with Crippen LogP contribution in [0.25, 0.3) is 0 Å². The van der Waals surface area contributed by atoms with Crippen molar-refractivity contribution in [3.05, 3.63) is 58.1 Å². The molecule has 2 amide bonds. The van der Waals surface area contributed by atoms with Gasteiger partial charge in [-0.05, 0) is 55.7 Å². The molecule has 7 heteroatoms. The Kier molecular flexibility index (Phi) is 7.61. The lowest BCUT2D eigenvalue weighted by Crippen LogP contribution is -2.32. The summed E-state index contributed by atoms with van der Waals surface area (Å²) < 4.78 is 6.47. The van der Waals surface area contributed by atoms with Crippen LogP contribution in [-0.2, 0) is 9.59 Å². The Morgan fingerprint density at radius 2 is 2.07 bits per heavy atom. The molecule has 0 saturated carbocycles. The third-order valence-electron chi connectivity index (χ3n) is 4.88. The number of hydrogen-bond acceptors (Lipinski definition) is 4. The second-order valence-electron chi connectivity index (χ2n) is 7.04. The number of ether oxygens (including phenoxy) is 1. The van der Waals surface area contributed by atoms with Gasteiger partial charge in [0, 0.05) is 22.3 Å². The molecule has 0 aliphatic carbocycles. The van der Waals surface area contributed by atoms with Crippen LogP contribution in [0, 0.1) is 6.92 Å². The van der Waals surface area contributed by atoms with Crippen LogP contribution < -0.4 is 10.1 Å². The first-order chi connectivity index (χ1) is 14.0. The van der Waals surface area contributed by atoms with E-state index in [4.69, 9.17) is 4.74 Å². The lowest BCUT2D eigenvalue weighted by Gasteiger charge is -2.26. The highest BCUT2D eigenvalue weighted by atomic mass is 79.9. The molecule has 0 aromatic heterocycles. The van der Waals surface area contributed by atoms with Gasteiger partial charge in [0.25, 0.3) is 0 Å². The van der Waals surface area contributed by atoms with Gasteiger partial charge in [-0.3, -0.25) is 9.59 Å². The predicted molar refractivity (Wildman–Crippen MR) is 122 cm³/mol. The van der Waals surface area contributed by atoms with Gasteiger partial charge in [-0.25, -0.2) is 0 Å². The number of thioether (sulfide) groups is 1. The van der Waals surface area contributed by atoms with E-state index in [9.17, 15) is 9.59 Å². The van der Waals surface area contributed by atoms with Crippen LogP contribution in [0.4, 0.5) is 5.69 Å². The number of anilines is 1. The zero-order valence-electron chi connectivity index (χ0n) is 16.6. The molecular weight excluding hydrogens is 452 g/mol. The fourth-order valence-corrected chi connectivity index (χ4v) is 4.67. The summed E-state index contributed by atoms with van der Waals surface area (Å²) in [7, 11) is 1.65. The van der Waals surface area contributed by atoms with Gasteiger partial charge in [0.1, 0.15) is 5.75 Å². The standard InChI is InChI=1S/C22H25BrN2O3S/c1-15-5-3-6-17(11-15)24-21(26)13-29-14-22(27)25-10-4-7-19(25)18-12-16(23)8-9-20(18)28-2/h3,5-6,8-9,11-12,19H,4,7,10,13-14H2,1-2H3,(H,24,26)/t19-/m0/s1. The first kappa shape index (κ1) is 21.7. The molecule has 1 aliphatic heterocycles. The Bertz CT molecular complexity index is 890. The predicted octanol–water partition coefficient (Wildman–Crippen LogP) is 4.80. The molecule has 3 rings (SSSR count). The fraction of sp³-hybridized carbons (Fsp3) is 0.364. The highest BCUT2D eigenvalue weighted by Gasteiger charge is 2.31. The second kappa shape index (κ2) is 10.2. The maximum atomic E-state index is 12.8. The minimum absolute atomic E-state index is 0.0108. The Labute approximate surface area is 184 Å². The SMILES string of the molecule is COc1ccc(Br)cc1[C@@H]1CCCN1C(=O)CSCC(=O)Nc1cccc(C)c1. The normalized spacial score (nSPS) is 16.0. The van der Waals surface area contributed by atoms with Crippen molar-refractivity contribution in [2.45, 2.75) is 25.8 Å². The van der Waals surface area contributed by atoms with E-state index in [1.54, 1.807) is 7.11 Å². The smallest absolute Gasteiger partial charge is 0.234 e. The van der Waals surface area contributed by atoms with E-state index < -0.39 is 0 Å². The van der Waals surface area contributed by atoms with Crippen LogP contribution in [-0.4, -0.2) is 41.9 Å². The van der Waals surface area contributed by atoms with Gasteiger partial charge >= 0.3 is 0 Å². The summed E-state index contributed by atoms with van der Waals surface area (Å²) in [6.07, 6.45) is 1.88. The van der Waals surface area contributed by atoms with Crippen molar-refractivity contribution in [1.29, 1.82) is 0 Å². The molecule has 0 spiro atoms. The van der Waals surface area contributed by atoms with Crippen molar-refractivity contribution in [3.8, 4) is 5.75 Å². The minimum Gasteiger partial charge on any atom is -0.496 e. The van der Waals surface area contributed by atoms with Gasteiger partial charge in [-0.1, -0.05) is 28.1 Å². The van der Waals surface area contributed by atoms with E-state index >= 15 is 0 Å². The zero-order valence-corrected chi connectivity index (χ0v) is 19.0. The molecule has 1 saturated heterocycles. The number of nitrogens with zero attached hydrogens (tertiary/aromatic N) is 1. The Morgan fingerprint density at radius 1 is 1.24 bits per heavy atom. The summed E-state index contributed by atoms with van der Waals surface area (Å²) in [5.74, 6) is 1.29. The van der Waals surface area contributed by atoms with Crippen molar-refractivity contribution in [1.82, 2.24) is 4.90 Å². The summed E-state index contributed by atoms with van der Waals surface area (Å²) in [5, 5.41) is 2.88. The van der Waals surface area contributed by atoms with Gasteiger partial charge in [0.05, 0.1) is 24.7 Å². The van der Waals surface area contributed by atoms with Crippen molar-refractivity contribution in [2.75, 3.05) is 30.5 Å². The first-order valence-electron chi connectivity index (χ1n) is 9.55. The number of benzene rings is 2. The minimum atomic E-state index is -0.0972. The second-order valence-corrected chi connectivity index (χ2v) is 8.94. The third-order valence-corrected chi connectivity index (χ3v) is 6.30. The number of methoxy groups -OCH3 is 1. The lowest BCUT2D eigenvalue weighted by molar-refractivity contribution is -0.129. The van der Waals surface area contributed by atoms with E-state index in [1.165, 1.54) is 11.8 Å². The van der Waals surface area contributed by atoms with Crippen molar-refractivity contribution in [2.24, 2.45) is 0 Å². The van der Waals surface area contributed by atoms with Gasteiger partial charge in [-0.2, -0.15) is 0 Å². The molecule has 2 aromatic carbocycles. The van der Waals surface area contributed by atoms with Gasteiger partial charge in [0.15, 0.2) is 0 Å². The van der Waals surface area contributed by atoms with Gasteiger partial charge in [0.2, 0.25) is 11.8 Å². The van der Waals surface area contributed by atoms with Crippen molar-refractivity contribution >= 4 is 45.2 Å². The van der Waals surface area contributed by atoms with E-state index in [1.807, 2.05) is 54.3 Å². The average Bonchev–Trinajstić information content (AvgIpc) is 3.17. The van der Waals surface area contributed by atoms with Gasteiger partial charge in [-0.15, -0.1) is 11.8 Å². The highest BCUT2D eigenvalue weighted by Crippen LogP contribution is 2.38. The number of aryl methyl sites for hydroxylation is 1. The summed E-state index contributed by atoms with van der Waals surface area (Å²) in [6.45, 7) is 2.71. The number of carbonyl (C=O) groups excluding carboxylic acids is 2. The monoisotopic (exact) mass is 476 g/mol. The van der Waals surface area contributed by atoms with Crippen molar-refractivity contribution in [3.63, 3.8) is 0 Å². The number of carbonyl (C=O) groups is 2. The maximum Gasteiger partial charge on any atom is 0.234 e. The number of rotatable bonds is 7. The molecule has 1 fully saturated rings. The summed E-state index contributed by atoms with van der Waals surface area (Å²) in [5.41, 5.74) is 2.90. The molecule has 0 unspecified atom stereocenters. The highest BCUT2D eigenvalue weighted by molar-refractivity contribution is 9.10. The topological polar surface area (TPSA) is 58.6 Å². The lowest BCUT2D eigenvalue weighted by atomic mass is 10.0. The molecule has 154 valence electrons. The quantitative estimate of drug-likeness (QED) is 0.623. The Morgan fingerprint density at radius 3 is 2.83 bits per heavy atom. The Hall–Kier alpha value is -1.99. The van der Waals surface area contributed by atoms with Crippen LogP contribution in [0.2, 0.25) is 0 Å². The number of nitrogens with one attached hydrogen (secondary N) is 1. The van der Waals surface area contributed by atoms with E-state index in [-0.39, 0.29) is 29.4 Å². The first-order valence-corrected chi connectivity index (χ1v) is 11.5. The molecule has 0 radical (unpaired) electrons. The number of hydrogen-bond donors (Lipinski definition) is 1. The largest absolute Gasteiger partial charge is 0.496 e. The zero-order chi connectivity index (χ0) is 20.8. The molecule has 0 bridgehead atoms. The molecular formula is C22H25BrN2O3S. The molecule has 2 aromatic rings. The summed E-state index contributed by atoms with van der Waals surface area (Å²) in [6, 6.07) is 13.6. The molecule has 29 heavy (non-hydrogen) atoms. The third kappa shape index (κ3) is 5.76. The van der Waals surface area contributed by atoms with E-state index in [0.29, 0.717) is 0 Å². The van der Waals surface area contributed by atoms with Gasteiger partial charge < -0.3 is 15.0 Å². The number of amides is 2. The van der Waals surface area contributed by atoms with Crippen LogP contribution >= 0.6 is 27.7 Å². The van der Waals surface area contributed by atoms with E-state index in [0.717, 1.165) is 46.4 Å². The molecule has 5 nitrogen and oxygen atoms in total. The van der Waals surface area contributed by atoms with E-state index in [2.05, 4.69) is 21.2 Å². The van der Waals surface area contributed by atoms with Crippen LogP contribution in [0.3, 0.4) is 0 Å². The van der Waals surface area contributed by atoms with Crippen LogP contribution in [0.5, 0.6) is 5.75 Å². The average molecular weight is 477 g/mol. The Balaban J connectivity index is 1.55. The summed E-state index contributed by atoms with van der Waals surface area (Å²) in [4.78, 5) is 26.9. The molecule has 1 N–H and O–H groups in total. The molecule has 1 aliphatic rings. The van der Waals surface area contributed by atoms with Crippen molar-refractivity contribution < 1.29 is 14.3 Å². The molecule has 1 atom stereocenters. The van der Waals surface area contributed by atoms with Crippen LogP contribution in [0.1, 0.15) is 30.0 Å². The maximum absolute atomic E-state index is 12.8.